The highest BCUT2D eigenvalue weighted by Gasteiger charge is 2.33. The summed E-state index contributed by atoms with van der Waals surface area (Å²) in [6, 6.07) is 15.2. The van der Waals surface area contributed by atoms with Crippen LogP contribution in [0.5, 0.6) is 0 Å². The zero-order valence-electron chi connectivity index (χ0n) is 13.7. The van der Waals surface area contributed by atoms with E-state index in [4.69, 9.17) is 4.74 Å². The van der Waals surface area contributed by atoms with Crippen LogP contribution < -0.4 is 10.2 Å². The van der Waals surface area contributed by atoms with E-state index in [1.54, 1.807) is 18.2 Å². The van der Waals surface area contributed by atoms with Gasteiger partial charge in [0, 0.05) is 11.6 Å². The highest BCUT2D eigenvalue weighted by Crippen LogP contribution is 2.24. The van der Waals surface area contributed by atoms with E-state index in [0.29, 0.717) is 26.3 Å². The molecule has 2 aromatic carbocycles. The number of nitro benzene ring substituents is 1. The highest BCUT2D eigenvalue weighted by molar-refractivity contribution is 5.96. The lowest BCUT2D eigenvalue weighted by Gasteiger charge is -2.30. The van der Waals surface area contributed by atoms with E-state index in [1.165, 1.54) is 6.07 Å². The SMILES string of the molecule is O=C(Nc1ccccc1[N+](=O)[O-])[C@H](c1ccccc1)[NH+]1CCOCC1. The maximum Gasteiger partial charge on any atom is 0.292 e. The first-order valence-corrected chi connectivity index (χ1v) is 8.18. The average molecular weight is 342 g/mol. The van der Waals surface area contributed by atoms with Crippen LogP contribution in [0.25, 0.3) is 0 Å². The summed E-state index contributed by atoms with van der Waals surface area (Å²) in [5.74, 6) is -0.252. The van der Waals surface area contributed by atoms with Crippen molar-refractivity contribution in [3.8, 4) is 0 Å². The number of hydrogen-bond donors (Lipinski definition) is 2. The summed E-state index contributed by atoms with van der Waals surface area (Å²) in [6.45, 7) is 2.61. The third kappa shape index (κ3) is 4.01. The van der Waals surface area contributed by atoms with Crippen LogP contribution >= 0.6 is 0 Å². The molecule has 1 amide bonds. The number of morpholine rings is 1. The minimum atomic E-state index is -0.491. The number of nitrogens with zero attached hydrogens (tertiary/aromatic N) is 1. The topological polar surface area (TPSA) is 85.9 Å². The molecule has 0 aromatic heterocycles. The molecule has 25 heavy (non-hydrogen) atoms. The molecule has 7 heteroatoms. The number of para-hydroxylation sites is 2. The third-order valence-electron chi connectivity index (χ3n) is 4.30. The largest absolute Gasteiger partial charge is 0.370 e. The Balaban J connectivity index is 1.88. The van der Waals surface area contributed by atoms with E-state index in [0.717, 1.165) is 10.5 Å². The molecular formula is C18H20N3O4+. The van der Waals surface area contributed by atoms with Crippen molar-refractivity contribution in [2.75, 3.05) is 31.6 Å². The number of amides is 1. The monoisotopic (exact) mass is 342 g/mol. The number of ether oxygens (including phenoxy) is 1. The van der Waals surface area contributed by atoms with Crippen LogP contribution in [0.2, 0.25) is 0 Å². The van der Waals surface area contributed by atoms with Crippen molar-refractivity contribution in [1.29, 1.82) is 0 Å². The second-order valence-corrected chi connectivity index (χ2v) is 5.88. The minimum absolute atomic E-state index is 0.111. The van der Waals surface area contributed by atoms with E-state index >= 15 is 0 Å². The summed E-state index contributed by atoms with van der Waals surface area (Å²) in [5.41, 5.74) is 0.987. The van der Waals surface area contributed by atoms with Crippen LogP contribution in [0.15, 0.2) is 54.6 Å². The van der Waals surface area contributed by atoms with Crippen molar-refractivity contribution in [3.63, 3.8) is 0 Å². The van der Waals surface area contributed by atoms with Crippen LogP contribution in [-0.4, -0.2) is 37.1 Å². The Morgan fingerprint density at radius 3 is 2.40 bits per heavy atom. The first kappa shape index (κ1) is 17.1. The molecule has 0 aliphatic carbocycles. The molecule has 1 aliphatic heterocycles. The van der Waals surface area contributed by atoms with Crippen LogP contribution in [-0.2, 0) is 9.53 Å². The van der Waals surface area contributed by atoms with E-state index in [-0.39, 0.29) is 17.3 Å². The summed E-state index contributed by atoms with van der Waals surface area (Å²) in [4.78, 5) is 24.8. The maximum absolute atomic E-state index is 13.0. The predicted octanol–water partition coefficient (Wildman–Crippen LogP) is 1.19. The van der Waals surface area contributed by atoms with Crippen molar-refractivity contribution >= 4 is 17.3 Å². The van der Waals surface area contributed by atoms with Gasteiger partial charge in [0.15, 0.2) is 6.04 Å². The molecule has 1 atom stereocenters. The quantitative estimate of drug-likeness (QED) is 0.631. The molecule has 2 aromatic rings. The molecule has 0 spiro atoms. The number of nitro groups is 1. The fourth-order valence-corrected chi connectivity index (χ4v) is 3.08. The van der Waals surface area contributed by atoms with Crippen LogP contribution in [0, 0.1) is 10.1 Å². The molecule has 0 saturated carbocycles. The standard InChI is InChI=1S/C18H19N3O4/c22-18(19-15-8-4-5-9-16(15)21(23)24)17(14-6-2-1-3-7-14)20-10-12-25-13-11-20/h1-9,17H,10-13H2,(H,19,22)/p+1/t17-/m0/s1. The number of benzene rings is 2. The molecule has 1 aliphatic rings. The van der Waals surface area contributed by atoms with Crippen molar-refractivity contribution in [1.82, 2.24) is 0 Å². The zero-order chi connectivity index (χ0) is 17.6. The van der Waals surface area contributed by atoms with Gasteiger partial charge in [-0.3, -0.25) is 14.9 Å². The number of carbonyl (C=O) groups is 1. The lowest BCUT2D eigenvalue weighted by Crippen LogP contribution is -3.15. The van der Waals surface area contributed by atoms with Crippen LogP contribution in [0.3, 0.4) is 0 Å². The smallest absolute Gasteiger partial charge is 0.292 e. The molecule has 1 heterocycles. The Labute approximate surface area is 145 Å². The summed E-state index contributed by atoms with van der Waals surface area (Å²) in [5, 5.41) is 13.9. The summed E-state index contributed by atoms with van der Waals surface area (Å²) in [6.07, 6.45) is 0. The summed E-state index contributed by atoms with van der Waals surface area (Å²) in [7, 11) is 0. The van der Waals surface area contributed by atoms with Gasteiger partial charge in [-0.2, -0.15) is 0 Å². The molecule has 7 nitrogen and oxygen atoms in total. The molecule has 130 valence electrons. The third-order valence-corrected chi connectivity index (χ3v) is 4.30. The van der Waals surface area contributed by atoms with Gasteiger partial charge in [0.05, 0.1) is 18.1 Å². The fourth-order valence-electron chi connectivity index (χ4n) is 3.08. The Hall–Kier alpha value is -2.77. The second kappa shape index (κ2) is 7.87. The lowest BCUT2D eigenvalue weighted by molar-refractivity contribution is -0.929. The Bertz CT molecular complexity index is 745. The van der Waals surface area contributed by atoms with Crippen molar-refractivity contribution < 1.29 is 19.4 Å². The molecule has 1 saturated heterocycles. The zero-order valence-corrected chi connectivity index (χ0v) is 13.7. The number of nitrogens with one attached hydrogen (secondary N) is 2. The maximum atomic E-state index is 13.0. The average Bonchev–Trinajstić information content (AvgIpc) is 2.64. The van der Waals surface area contributed by atoms with Gasteiger partial charge in [-0.05, 0) is 6.07 Å². The molecule has 2 N–H and O–H groups in total. The molecule has 0 radical (unpaired) electrons. The van der Waals surface area contributed by atoms with Gasteiger partial charge >= 0.3 is 0 Å². The molecule has 3 rings (SSSR count). The first-order chi connectivity index (χ1) is 12.2. The normalized spacial score (nSPS) is 16.2. The van der Waals surface area contributed by atoms with Crippen LogP contribution in [0.4, 0.5) is 11.4 Å². The summed E-state index contributed by atoms with van der Waals surface area (Å²) < 4.78 is 5.39. The number of anilines is 1. The Morgan fingerprint density at radius 1 is 1.08 bits per heavy atom. The van der Waals surface area contributed by atoms with E-state index < -0.39 is 11.0 Å². The summed E-state index contributed by atoms with van der Waals surface area (Å²) >= 11 is 0. The fraction of sp³-hybridized carbons (Fsp3) is 0.278. The van der Waals surface area contributed by atoms with Crippen molar-refractivity contribution in [3.05, 3.63) is 70.3 Å². The van der Waals surface area contributed by atoms with Gasteiger partial charge in [-0.25, -0.2) is 0 Å². The van der Waals surface area contributed by atoms with E-state index in [2.05, 4.69) is 5.32 Å². The van der Waals surface area contributed by atoms with Gasteiger partial charge in [-0.15, -0.1) is 0 Å². The van der Waals surface area contributed by atoms with Gasteiger partial charge in [0.2, 0.25) is 0 Å². The Kier molecular flexibility index (Phi) is 5.37. The minimum Gasteiger partial charge on any atom is -0.370 e. The molecule has 0 unspecified atom stereocenters. The van der Waals surface area contributed by atoms with E-state index in [9.17, 15) is 14.9 Å². The highest BCUT2D eigenvalue weighted by atomic mass is 16.6. The lowest BCUT2D eigenvalue weighted by atomic mass is 10.0. The van der Waals surface area contributed by atoms with Crippen molar-refractivity contribution in [2.45, 2.75) is 6.04 Å². The van der Waals surface area contributed by atoms with Crippen LogP contribution in [0.1, 0.15) is 11.6 Å². The number of rotatable bonds is 5. The van der Waals surface area contributed by atoms with Crippen molar-refractivity contribution in [2.24, 2.45) is 0 Å². The predicted molar refractivity (Wildman–Crippen MR) is 92.4 cm³/mol. The van der Waals surface area contributed by atoms with Gasteiger partial charge in [0.25, 0.3) is 11.6 Å². The number of quaternary nitrogens is 1. The molecule has 0 bridgehead atoms. The molecular weight excluding hydrogens is 322 g/mol. The van der Waals surface area contributed by atoms with Gasteiger partial charge in [-0.1, -0.05) is 42.5 Å². The number of hydrogen-bond acceptors (Lipinski definition) is 4. The second-order valence-electron chi connectivity index (χ2n) is 5.88. The van der Waals surface area contributed by atoms with E-state index in [1.807, 2.05) is 30.3 Å². The first-order valence-electron chi connectivity index (χ1n) is 8.18. The number of carbonyl (C=O) groups excluding carboxylic acids is 1. The Morgan fingerprint density at radius 2 is 1.72 bits per heavy atom. The van der Waals surface area contributed by atoms with Gasteiger partial charge < -0.3 is 15.0 Å². The molecule has 1 fully saturated rings. The van der Waals surface area contributed by atoms with Gasteiger partial charge in [0.1, 0.15) is 18.8 Å².